The number of rotatable bonds is 4. The third-order valence-corrected chi connectivity index (χ3v) is 4.42. The Morgan fingerprint density at radius 2 is 1.92 bits per heavy atom. The minimum absolute atomic E-state index is 0.117. The lowest BCUT2D eigenvalue weighted by Crippen LogP contribution is -2.30. The van der Waals surface area contributed by atoms with E-state index >= 15 is 0 Å². The molecule has 0 spiro atoms. The monoisotopic (exact) mass is 339 g/mol. The number of carbonyl (C=O) groups is 1. The van der Waals surface area contributed by atoms with Gasteiger partial charge in [-0.1, -0.05) is 24.3 Å². The fraction of sp³-hybridized carbons (Fsp3) is 0.167. The van der Waals surface area contributed by atoms with Crippen molar-refractivity contribution in [2.24, 2.45) is 0 Å². The molecule has 0 aliphatic heterocycles. The number of hydrogen-bond donors (Lipinski definition) is 1. The summed E-state index contributed by atoms with van der Waals surface area (Å²) in [5.74, 6) is -0.280. The first-order valence-electron chi connectivity index (χ1n) is 7.49. The van der Waals surface area contributed by atoms with Crippen molar-refractivity contribution in [3.05, 3.63) is 64.6 Å². The molecule has 1 amide bonds. The van der Waals surface area contributed by atoms with E-state index in [2.05, 4.69) is 10.4 Å². The molecule has 0 aliphatic rings. The molecular weight excluding hydrogens is 322 g/mol. The molecule has 1 heterocycles. The van der Waals surface area contributed by atoms with Crippen LogP contribution in [0.1, 0.15) is 5.69 Å². The number of benzene rings is 2. The maximum Gasteiger partial charge on any atom is 0.275 e. The van der Waals surface area contributed by atoms with E-state index in [-0.39, 0.29) is 18.0 Å². The molecule has 0 radical (unpaired) electrons. The van der Waals surface area contributed by atoms with Crippen LogP contribution in [0.2, 0.25) is 0 Å². The Hall–Kier alpha value is -2.60. The van der Waals surface area contributed by atoms with Gasteiger partial charge < -0.3 is 5.32 Å². The Morgan fingerprint density at radius 3 is 2.67 bits per heavy atom. The highest BCUT2D eigenvalue weighted by Gasteiger charge is 2.11. The van der Waals surface area contributed by atoms with E-state index in [1.54, 1.807) is 17.8 Å². The zero-order chi connectivity index (χ0) is 17.1. The molecule has 1 N–H and O–H groups in total. The molecule has 2 aromatic carbocycles. The van der Waals surface area contributed by atoms with E-state index in [4.69, 9.17) is 0 Å². The fourth-order valence-corrected chi connectivity index (χ4v) is 3.01. The van der Waals surface area contributed by atoms with Gasteiger partial charge in [-0.2, -0.15) is 5.10 Å². The summed E-state index contributed by atoms with van der Waals surface area (Å²) in [4.78, 5) is 25.8. The molecular formula is C18H17N3O2S. The Kier molecular flexibility index (Phi) is 4.66. The minimum atomic E-state index is -0.280. The largest absolute Gasteiger partial charge is 0.324 e. The van der Waals surface area contributed by atoms with Crippen LogP contribution in [0.25, 0.3) is 10.8 Å². The molecule has 3 rings (SSSR count). The quantitative estimate of drug-likeness (QED) is 0.742. The average molecular weight is 339 g/mol. The summed E-state index contributed by atoms with van der Waals surface area (Å²) in [6, 6.07) is 14.8. The Bertz CT molecular complexity index is 966. The van der Waals surface area contributed by atoms with Gasteiger partial charge >= 0.3 is 0 Å². The first-order chi connectivity index (χ1) is 11.6. The predicted molar refractivity (Wildman–Crippen MR) is 97.6 cm³/mol. The first-order valence-corrected chi connectivity index (χ1v) is 8.71. The van der Waals surface area contributed by atoms with Crippen LogP contribution in [0.3, 0.4) is 0 Å². The summed E-state index contributed by atoms with van der Waals surface area (Å²) in [5, 5.41) is 8.45. The van der Waals surface area contributed by atoms with E-state index in [1.165, 1.54) is 4.68 Å². The van der Waals surface area contributed by atoms with Gasteiger partial charge in [-0.05, 0) is 37.4 Å². The number of hydrogen-bond acceptors (Lipinski definition) is 4. The summed E-state index contributed by atoms with van der Waals surface area (Å²) >= 11 is 1.60. The van der Waals surface area contributed by atoms with Crippen molar-refractivity contribution >= 4 is 34.1 Å². The number of aromatic nitrogens is 2. The fourth-order valence-electron chi connectivity index (χ4n) is 2.55. The average Bonchev–Trinajstić information content (AvgIpc) is 2.59. The summed E-state index contributed by atoms with van der Waals surface area (Å²) in [6.07, 6.45) is 1.97. The van der Waals surface area contributed by atoms with Gasteiger partial charge in [0.15, 0.2) is 0 Å². The second kappa shape index (κ2) is 6.88. The van der Waals surface area contributed by atoms with Crippen molar-refractivity contribution in [3.8, 4) is 0 Å². The van der Waals surface area contributed by atoms with E-state index in [9.17, 15) is 9.59 Å². The van der Waals surface area contributed by atoms with Crippen LogP contribution in [0, 0.1) is 6.92 Å². The van der Waals surface area contributed by atoms with Gasteiger partial charge in [0.1, 0.15) is 6.54 Å². The van der Waals surface area contributed by atoms with E-state index in [1.807, 2.05) is 55.6 Å². The number of nitrogens with one attached hydrogen (secondary N) is 1. The first kappa shape index (κ1) is 16.3. The van der Waals surface area contributed by atoms with Crippen LogP contribution in [-0.2, 0) is 11.3 Å². The van der Waals surface area contributed by atoms with Crippen molar-refractivity contribution in [2.75, 3.05) is 11.6 Å². The van der Waals surface area contributed by atoms with Crippen molar-refractivity contribution < 1.29 is 4.79 Å². The van der Waals surface area contributed by atoms with Gasteiger partial charge in [0.25, 0.3) is 5.56 Å². The maximum atomic E-state index is 12.5. The lowest BCUT2D eigenvalue weighted by molar-refractivity contribution is -0.117. The highest BCUT2D eigenvalue weighted by molar-refractivity contribution is 7.98. The number of nitrogens with zero attached hydrogens (tertiary/aromatic N) is 2. The van der Waals surface area contributed by atoms with Gasteiger partial charge in [-0.25, -0.2) is 4.68 Å². The molecule has 0 atom stereocenters. The number of aryl methyl sites for hydroxylation is 1. The van der Waals surface area contributed by atoms with Gasteiger partial charge in [0, 0.05) is 16.0 Å². The summed E-state index contributed by atoms with van der Waals surface area (Å²) < 4.78 is 1.21. The molecule has 0 aliphatic carbocycles. The van der Waals surface area contributed by atoms with Crippen molar-refractivity contribution in [1.82, 2.24) is 9.78 Å². The van der Waals surface area contributed by atoms with E-state index in [0.29, 0.717) is 11.1 Å². The van der Waals surface area contributed by atoms with Crippen LogP contribution in [0.15, 0.2) is 58.2 Å². The Morgan fingerprint density at radius 1 is 1.17 bits per heavy atom. The molecule has 1 aromatic heterocycles. The molecule has 24 heavy (non-hydrogen) atoms. The lowest BCUT2D eigenvalue weighted by atomic mass is 10.1. The SMILES string of the molecule is CSc1cccc(NC(=O)Cn2nc(C)c3ccccc3c2=O)c1. The lowest BCUT2D eigenvalue weighted by Gasteiger charge is -2.10. The predicted octanol–water partition coefficient (Wildman–Crippen LogP) is 3.07. The standard InChI is InChI=1S/C18H17N3O2S/c1-12-15-8-3-4-9-16(15)18(23)21(20-12)11-17(22)19-13-6-5-7-14(10-13)24-2/h3-10H,11H2,1-2H3,(H,19,22). The zero-order valence-electron chi connectivity index (χ0n) is 13.4. The van der Waals surface area contributed by atoms with Crippen LogP contribution >= 0.6 is 11.8 Å². The molecule has 0 bridgehead atoms. The minimum Gasteiger partial charge on any atom is -0.324 e. The highest BCUT2D eigenvalue weighted by Crippen LogP contribution is 2.19. The second-order valence-corrected chi connectivity index (χ2v) is 6.25. The molecule has 0 saturated heterocycles. The normalized spacial score (nSPS) is 10.8. The molecule has 6 heteroatoms. The van der Waals surface area contributed by atoms with Gasteiger partial charge in [0.05, 0.1) is 11.1 Å². The topological polar surface area (TPSA) is 64.0 Å². The van der Waals surface area contributed by atoms with Crippen molar-refractivity contribution in [1.29, 1.82) is 0 Å². The third kappa shape index (κ3) is 3.33. The van der Waals surface area contributed by atoms with Gasteiger partial charge in [-0.3, -0.25) is 9.59 Å². The van der Waals surface area contributed by atoms with Crippen LogP contribution in [-0.4, -0.2) is 21.9 Å². The number of amides is 1. The molecule has 122 valence electrons. The molecule has 0 fully saturated rings. The van der Waals surface area contributed by atoms with Crippen LogP contribution in [0.5, 0.6) is 0 Å². The zero-order valence-corrected chi connectivity index (χ0v) is 14.3. The molecule has 5 nitrogen and oxygen atoms in total. The third-order valence-electron chi connectivity index (χ3n) is 3.70. The second-order valence-electron chi connectivity index (χ2n) is 5.37. The smallest absolute Gasteiger partial charge is 0.275 e. The Labute approximate surface area is 143 Å². The Balaban J connectivity index is 1.85. The summed E-state index contributed by atoms with van der Waals surface area (Å²) in [7, 11) is 0. The van der Waals surface area contributed by atoms with Gasteiger partial charge in [0.2, 0.25) is 5.91 Å². The van der Waals surface area contributed by atoms with Crippen LogP contribution < -0.4 is 10.9 Å². The van der Waals surface area contributed by atoms with Gasteiger partial charge in [-0.15, -0.1) is 11.8 Å². The van der Waals surface area contributed by atoms with Crippen molar-refractivity contribution in [2.45, 2.75) is 18.4 Å². The number of fused-ring (bicyclic) bond motifs is 1. The number of anilines is 1. The summed E-state index contributed by atoms with van der Waals surface area (Å²) in [5.41, 5.74) is 1.17. The van der Waals surface area contributed by atoms with E-state index in [0.717, 1.165) is 16.0 Å². The maximum absolute atomic E-state index is 12.5. The molecule has 0 saturated carbocycles. The highest BCUT2D eigenvalue weighted by atomic mass is 32.2. The number of thioether (sulfide) groups is 1. The van der Waals surface area contributed by atoms with Crippen molar-refractivity contribution in [3.63, 3.8) is 0 Å². The summed E-state index contributed by atoms with van der Waals surface area (Å²) in [6.45, 7) is 1.71. The van der Waals surface area contributed by atoms with Crippen LogP contribution in [0.4, 0.5) is 5.69 Å². The van der Waals surface area contributed by atoms with E-state index < -0.39 is 0 Å². The molecule has 3 aromatic rings. The number of carbonyl (C=O) groups excluding carboxylic acids is 1. The molecule has 0 unspecified atom stereocenters.